The van der Waals surface area contributed by atoms with E-state index in [4.69, 9.17) is 14.4 Å². The van der Waals surface area contributed by atoms with E-state index < -0.39 is 11.5 Å². The van der Waals surface area contributed by atoms with E-state index in [1.165, 1.54) is 25.0 Å². The Morgan fingerprint density at radius 3 is 2.21 bits per heavy atom. The van der Waals surface area contributed by atoms with Gasteiger partial charge in [0.25, 0.3) is 5.91 Å². The Balaban J connectivity index is 2.35. The molecule has 0 heterocycles. The van der Waals surface area contributed by atoms with E-state index in [1.54, 1.807) is 19.1 Å². The number of carbonyl (C=O) groups excluding carboxylic acids is 2. The van der Waals surface area contributed by atoms with Crippen molar-refractivity contribution in [3.63, 3.8) is 0 Å². The topological polar surface area (TPSA) is 68.3 Å². The zero-order valence-electron chi connectivity index (χ0n) is 21.5. The van der Waals surface area contributed by atoms with Gasteiger partial charge in [-0.15, -0.1) is 0 Å². The van der Waals surface area contributed by atoms with Crippen LogP contribution in [0.5, 0.6) is 0 Å². The van der Waals surface area contributed by atoms with Crippen LogP contribution in [0.15, 0.2) is 12.1 Å². The van der Waals surface area contributed by atoms with Gasteiger partial charge in [0.15, 0.2) is 5.54 Å². The van der Waals surface area contributed by atoms with Crippen LogP contribution in [-0.4, -0.2) is 61.5 Å². The summed E-state index contributed by atoms with van der Waals surface area (Å²) in [6.07, 6.45) is 5.01. The van der Waals surface area contributed by atoms with Crippen LogP contribution >= 0.6 is 0 Å². The second-order valence-electron chi connectivity index (χ2n) is 9.41. The molecular weight excluding hydrogens is 420 g/mol. The number of methoxy groups -OCH3 is 1. The zero-order chi connectivity index (χ0) is 24.6. The van der Waals surface area contributed by atoms with Gasteiger partial charge in [0, 0.05) is 13.1 Å². The Kier molecular flexibility index (Phi) is 10.3. The first-order valence-corrected chi connectivity index (χ1v) is 12.1. The maximum Gasteiger partial charge on any atom is 0.334 e. The van der Waals surface area contributed by atoms with Crippen LogP contribution in [0.2, 0.25) is 0 Å². The number of hydroxylamine groups is 4. The van der Waals surface area contributed by atoms with Gasteiger partial charge in [-0.25, -0.2) is 9.86 Å². The van der Waals surface area contributed by atoms with Crippen LogP contribution in [0.3, 0.4) is 0 Å². The van der Waals surface area contributed by atoms with Crippen LogP contribution in [-0.2, 0) is 30.4 Å². The average molecular weight is 463 g/mol. The standard InChI is InChI=1S/C26H42N2O5/c1-8-27(32-7)14-13-26(5,25(30)31-6)28(33-18-22-11-9-10-12-22)24(29)17-23-20(3)15-19(2)16-21(23)4/h15-16,22H,8-14,17-18H2,1-7H3. The molecule has 1 atom stereocenters. The Labute approximate surface area is 199 Å². The second kappa shape index (κ2) is 12.5. The minimum atomic E-state index is -1.27. The fourth-order valence-electron chi connectivity index (χ4n) is 4.79. The lowest BCUT2D eigenvalue weighted by Gasteiger charge is -2.39. The molecule has 1 unspecified atom stereocenters. The van der Waals surface area contributed by atoms with Gasteiger partial charge >= 0.3 is 5.97 Å². The summed E-state index contributed by atoms with van der Waals surface area (Å²) < 4.78 is 5.16. The van der Waals surface area contributed by atoms with Crippen LogP contribution < -0.4 is 0 Å². The van der Waals surface area contributed by atoms with Crippen molar-refractivity contribution in [2.24, 2.45) is 5.92 Å². The van der Waals surface area contributed by atoms with E-state index in [0.29, 0.717) is 32.0 Å². The molecule has 1 fully saturated rings. The lowest BCUT2D eigenvalue weighted by Crippen LogP contribution is -2.57. The van der Waals surface area contributed by atoms with E-state index in [1.807, 2.05) is 27.7 Å². The molecule has 33 heavy (non-hydrogen) atoms. The summed E-state index contributed by atoms with van der Waals surface area (Å²) in [4.78, 5) is 38.3. The summed E-state index contributed by atoms with van der Waals surface area (Å²) >= 11 is 0. The number of hydrogen-bond acceptors (Lipinski definition) is 6. The van der Waals surface area contributed by atoms with Gasteiger partial charge in [0.1, 0.15) is 0 Å². The fraction of sp³-hybridized carbons (Fsp3) is 0.692. The van der Waals surface area contributed by atoms with Crippen molar-refractivity contribution in [2.45, 2.75) is 78.7 Å². The quantitative estimate of drug-likeness (QED) is 0.341. The summed E-state index contributed by atoms with van der Waals surface area (Å²) in [7, 11) is 2.95. The van der Waals surface area contributed by atoms with Gasteiger partial charge in [-0.3, -0.25) is 9.63 Å². The van der Waals surface area contributed by atoms with Crippen molar-refractivity contribution in [3.05, 3.63) is 34.4 Å². The molecule has 0 saturated heterocycles. The van der Waals surface area contributed by atoms with Crippen LogP contribution in [0.25, 0.3) is 0 Å². The lowest BCUT2D eigenvalue weighted by atomic mass is 9.94. The van der Waals surface area contributed by atoms with Gasteiger partial charge in [0.05, 0.1) is 27.2 Å². The van der Waals surface area contributed by atoms with Crippen LogP contribution in [0.1, 0.15) is 68.2 Å². The summed E-state index contributed by atoms with van der Waals surface area (Å²) in [6, 6.07) is 4.16. The smallest absolute Gasteiger partial charge is 0.334 e. The molecule has 1 aromatic rings. The minimum absolute atomic E-state index is 0.164. The molecule has 0 aromatic heterocycles. The third kappa shape index (κ3) is 7.01. The lowest BCUT2D eigenvalue weighted by molar-refractivity contribution is -0.235. The highest BCUT2D eigenvalue weighted by molar-refractivity contribution is 5.88. The van der Waals surface area contributed by atoms with Crippen molar-refractivity contribution < 1.29 is 24.0 Å². The Morgan fingerprint density at radius 1 is 1.09 bits per heavy atom. The monoisotopic (exact) mass is 462 g/mol. The molecule has 186 valence electrons. The first kappa shape index (κ1) is 27.3. The third-order valence-electron chi connectivity index (χ3n) is 6.84. The minimum Gasteiger partial charge on any atom is -0.467 e. The van der Waals surface area contributed by atoms with Crippen molar-refractivity contribution in [2.75, 3.05) is 33.9 Å². The highest BCUT2D eigenvalue weighted by Gasteiger charge is 2.45. The van der Waals surface area contributed by atoms with E-state index in [9.17, 15) is 9.59 Å². The van der Waals surface area contributed by atoms with E-state index in [2.05, 4.69) is 12.1 Å². The Morgan fingerprint density at radius 2 is 1.70 bits per heavy atom. The predicted molar refractivity (Wildman–Crippen MR) is 128 cm³/mol. The molecular formula is C26H42N2O5. The number of ether oxygens (including phenoxy) is 1. The van der Waals surface area contributed by atoms with Crippen molar-refractivity contribution in [1.82, 2.24) is 10.1 Å². The maximum absolute atomic E-state index is 13.7. The van der Waals surface area contributed by atoms with Gasteiger partial charge in [0.2, 0.25) is 0 Å². The highest BCUT2D eigenvalue weighted by atomic mass is 16.7. The van der Waals surface area contributed by atoms with E-state index in [0.717, 1.165) is 35.1 Å². The summed E-state index contributed by atoms with van der Waals surface area (Å²) in [5, 5.41) is 3.05. The largest absolute Gasteiger partial charge is 0.467 e. The van der Waals surface area contributed by atoms with Crippen LogP contribution in [0, 0.1) is 26.7 Å². The van der Waals surface area contributed by atoms with Crippen molar-refractivity contribution in [3.8, 4) is 0 Å². The normalized spacial score (nSPS) is 16.1. The van der Waals surface area contributed by atoms with Crippen molar-refractivity contribution >= 4 is 11.9 Å². The number of aryl methyl sites for hydroxylation is 3. The second-order valence-corrected chi connectivity index (χ2v) is 9.41. The average Bonchev–Trinajstić information content (AvgIpc) is 3.30. The number of amides is 1. The number of rotatable bonds is 12. The molecule has 0 spiro atoms. The zero-order valence-corrected chi connectivity index (χ0v) is 21.5. The molecule has 1 amide bonds. The number of esters is 1. The van der Waals surface area contributed by atoms with E-state index >= 15 is 0 Å². The van der Waals surface area contributed by atoms with Gasteiger partial charge in [-0.1, -0.05) is 37.5 Å². The molecule has 1 aliphatic carbocycles. The molecule has 7 heteroatoms. The third-order valence-corrected chi connectivity index (χ3v) is 6.84. The first-order valence-electron chi connectivity index (χ1n) is 12.1. The SMILES string of the molecule is CCN(CCC(C)(C(=O)OC)N(OCC1CCCC1)C(=O)Cc1c(C)cc(C)cc1C)OC. The number of hydrogen-bond donors (Lipinski definition) is 0. The first-order chi connectivity index (χ1) is 15.7. The molecule has 2 rings (SSSR count). The summed E-state index contributed by atoms with van der Waals surface area (Å²) in [5.74, 6) is -0.334. The fourth-order valence-corrected chi connectivity index (χ4v) is 4.79. The molecule has 1 saturated carbocycles. The van der Waals surface area contributed by atoms with Gasteiger partial charge in [-0.2, -0.15) is 5.06 Å². The van der Waals surface area contributed by atoms with Gasteiger partial charge < -0.3 is 9.57 Å². The van der Waals surface area contributed by atoms with Gasteiger partial charge in [-0.05, 0) is 69.6 Å². The molecule has 7 nitrogen and oxygen atoms in total. The molecule has 1 aliphatic rings. The Bertz CT molecular complexity index is 779. The van der Waals surface area contributed by atoms with Crippen LogP contribution in [0.4, 0.5) is 0 Å². The molecule has 0 radical (unpaired) electrons. The molecule has 1 aromatic carbocycles. The number of benzene rings is 1. The highest BCUT2D eigenvalue weighted by Crippen LogP contribution is 2.29. The molecule has 0 N–H and O–H groups in total. The van der Waals surface area contributed by atoms with Crippen molar-refractivity contribution in [1.29, 1.82) is 0 Å². The predicted octanol–water partition coefficient (Wildman–Crippen LogP) is 4.31. The Hall–Kier alpha value is -1.96. The van der Waals surface area contributed by atoms with E-state index in [-0.39, 0.29) is 12.3 Å². The summed E-state index contributed by atoms with van der Waals surface area (Å²) in [6.45, 7) is 11.3. The number of carbonyl (C=O) groups is 2. The maximum atomic E-state index is 13.7. The number of nitrogens with zero attached hydrogens (tertiary/aromatic N) is 2. The molecule has 0 aliphatic heterocycles. The summed E-state index contributed by atoms with van der Waals surface area (Å²) in [5.41, 5.74) is 2.98. The molecule has 0 bridgehead atoms.